The average Bonchev–Trinajstić information content (AvgIpc) is 3.80. The Morgan fingerprint density at radius 1 is 0.286 bits per heavy atom. The Morgan fingerprint density at radius 2 is 0.714 bits per heavy atom. The SMILES string of the molecule is c1ccc(-c2cc(-c3cccc(-n4c5cccc6c7ccccc7c7cccc8c7c7c(c65)c4ccc7n8-c4ccccc4)c3)nc(-c3ccccc3)n2)cc1. The summed E-state index contributed by atoms with van der Waals surface area (Å²) in [4.78, 5) is 10.2. The zero-order valence-corrected chi connectivity index (χ0v) is 30.3. The monoisotopic (exact) mass is 712 g/mol. The second kappa shape index (κ2) is 12.0. The van der Waals surface area contributed by atoms with Gasteiger partial charge in [-0.1, -0.05) is 140 Å². The summed E-state index contributed by atoms with van der Waals surface area (Å²) in [6.45, 7) is 0. The number of para-hydroxylation sites is 1. The van der Waals surface area contributed by atoms with Gasteiger partial charge in [0.25, 0.3) is 0 Å². The fourth-order valence-electron chi connectivity index (χ4n) is 9.11. The molecule has 0 saturated carbocycles. The minimum atomic E-state index is 0.707. The summed E-state index contributed by atoms with van der Waals surface area (Å²) in [5.74, 6) is 0.707. The van der Waals surface area contributed by atoms with E-state index >= 15 is 0 Å². The lowest BCUT2D eigenvalue weighted by Gasteiger charge is -2.12. The molecule has 0 spiro atoms. The van der Waals surface area contributed by atoms with E-state index in [4.69, 9.17) is 9.97 Å². The van der Waals surface area contributed by atoms with E-state index in [1.807, 2.05) is 24.3 Å². The van der Waals surface area contributed by atoms with Crippen LogP contribution in [0.1, 0.15) is 0 Å². The molecule has 0 radical (unpaired) electrons. The first-order valence-corrected chi connectivity index (χ1v) is 19.1. The summed E-state index contributed by atoms with van der Waals surface area (Å²) < 4.78 is 4.90. The molecule has 3 heterocycles. The second-order valence-corrected chi connectivity index (χ2v) is 14.5. The topological polar surface area (TPSA) is 35.6 Å². The maximum Gasteiger partial charge on any atom is 0.160 e. The molecule has 260 valence electrons. The lowest BCUT2D eigenvalue weighted by atomic mass is 9.95. The first-order valence-electron chi connectivity index (χ1n) is 19.1. The van der Waals surface area contributed by atoms with Gasteiger partial charge >= 0.3 is 0 Å². The Hall–Kier alpha value is -7.56. The molecule has 56 heavy (non-hydrogen) atoms. The Bertz CT molecular complexity index is 3390. The van der Waals surface area contributed by atoms with Crippen molar-refractivity contribution in [3.63, 3.8) is 0 Å². The molecule has 0 saturated heterocycles. The van der Waals surface area contributed by atoms with Gasteiger partial charge < -0.3 is 9.13 Å². The van der Waals surface area contributed by atoms with Crippen molar-refractivity contribution in [2.45, 2.75) is 0 Å². The van der Waals surface area contributed by atoms with Crippen LogP contribution in [-0.2, 0) is 0 Å². The van der Waals surface area contributed by atoms with Gasteiger partial charge in [0.2, 0.25) is 0 Å². The van der Waals surface area contributed by atoms with E-state index in [2.05, 4.69) is 179 Å². The smallest absolute Gasteiger partial charge is 0.160 e. The van der Waals surface area contributed by atoms with Crippen molar-refractivity contribution >= 4 is 65.2 Å². The zero-order valence-electron chi connectivity index (χ0n) is 30.3. The van der Waals surface area contributed by atoms with E-state index in [1.54, 1.807) is 0 Å². The van der Waals surface area contributed by atoms with E-state index in [0.29, 0.717) is 5.82 Å². The van der Waals surface area contributed by atoms with Crippen LogP contribution in [0, 0.1) is 0 Å². The molecule has 4 heteroatoms. The van der Waals surface area contributed by atoms with E-state index in [9.17, 15) is 0 Å². The third-order valence-electron chi connectivity index (χ3n) is 11.5. The molecular formula is C52H32N4. The van der Waals surface area contributed by atoms with Gasteiger partial charge in [-0.05, 0) is 76.1 Å². The molecule has 0 bridgehead atoms. The first kappa shape index (κ1) is 30.9. The van der Waals surface area contributed by atoms with Gasteiger partial charge in [-0.25, -0.2) is 9.97 Å². The molecule has 0 aliphatic carbocycles. The van der Waals surface area contributed by atoms with E-state index < -0.39 is 0 Å². The number of rotatable bonds is 5. The van der Waals surface area contributed by atoms with E-state index in [0.717, 1.165) is 39.5 Å². The van der Waals surface area contributed by atoms with E-state index in [1.165, 1.54) is 65.2 Å². The second-order valence-electron chi connectivity index (χ2n) is 14.5. The van der Waals surface area contributed by atoms with Gasteiger partial charge in [0, 0.05) is 49.6 Å². The third kappa shape index (κ3) is 4.47. The van der Waals surface area contributed by atoms with E-state index in [-0.39, 0.29) is 0 Å². The molecular weight excluding hydrogens is 681 g/mol. The van der Waals surface area contributed by atoms with Crippen molar-refractivity contribution in [3.8, 4) is 45.3 Å². The van der Waals surface area contributed by atoms with Crippen LogP contribution < -0.4 is 0 Å². The fourth-order valence-corrected chi connectivity index (χ4v) is 9.11. The summed E-state index contributed by atoms with van der Waals surface area (Å²) in [7, 11) is 0. The zero-order chi connectivity index (χ0) is 36.7. The highest BCUT2D eigenvalue weighted by Crippen LogP contribution is 2.47. The van der Waals surface area contributed by atoms with Crippen molar-refractivity contribution in [1.82, 2.24) is 19.1 Å². The van der Waals surface area contributed by atoms with Gasteiger partial charge in [0.1, 0.15) is 0 Å². The molecule has 0 amide bonds. The van der Waals surface area contributed by atoms with Gasteiger partial charge in [0.15, 0.2) is 5.82 Å². The summed E-state index contributed by atoms with van der Waals surface area (Å²) in [6, 6.07) is 69.5. The number of hydrogen-bond donors (Lipinski definition) is 0. The lowest BCUT2D eigenvalue weighted by Crippen LogP contribution is -1.98. The summed E-state index contributed by atoms with van der Waals surface area (Å²) in [5.41, 5.74) is 11.9. The molecule has 0 atom stereocenters. The van der Waals surface area contributed by atoms with Crippen LogP contribution in [0.15, 0.2) is 194 Å². The molecule has 9 aromatic carbocycles. The number of benzene rings is 8. The van der Waals surface area contributed by atoms with Crippen LogP contribution in [0.3, 0.4) is 0 Å². The van der Waals surface area contributed by atoms with Crippen molar-refractivity contribution in [3.05, 3.63) is 194 Å². The van der Waals surface area contributed by atoms with Crippen LogP contribution in [0.5, 0.6) is 0 Å². The molecule has 0 unspecified atom stereocenters. The van der Waals surface area contributed by atoms with Gasteiger partial charge in [-0.2, -0.15) is 0 Å². The van der Waals surface area contributed by atoms with Crippen molar-refractivity contribution < 1.29 is 0 Å². The predicted molar refractivity (Wildman–Crippen MR) is 233 cm³/mol. The minimum Gasteiger partial charge on any atom is -0.309 e. The molecule has 4 nitrogen and oxygen atoms in total. The highest BCUT2D eigenvalue weighted by atomic mass is 15.0. The van der Waals surface area contributed by atoms with Crippen LogP contribution in [0.2, 0.25) is 0 Å². The molecule has 0 aliphatic heterocycles. The first-order chi connectivity index (χ1) is 27.8. The summed E-state index contributed by atoms with van der Waals surface area (Å²) in [5, 5.41) is 10.1. The normalized spacial score (nSPS) is 11.9. The van der Waals surface area contributed by atoms with Crippen LogP contribution in [0.4, 0.5) is 0 Å². The minimum absolute atomic E-state index is 0.707. The summed E-state index contributed by atoms with van der Waals surface area (Å²) in [6.07, 6.45) is 0. The quantitative estimate of drug-likeness (QED) is 0.178. The van der Waals surface area contributed by atoms with Gasteiger partial charge in [-0.15, -0.1) is 0 Å². The van der Waals surface area contributed by atoms with Gasteiger partial charge in [0.05, 0.1) is 33.5 Å². The molecule has 12 rings (SSSR count). The third-order valence-corrected chi connectivity index (χ3v) is 11.5. The highest BCUT2D eigenvalue weighted by Gasteiger charge is 2.24. The summed E-state index contributed by atoms with van der Waals surface area (Å²) >= 11 is 0. The van der Waals surface area contributed by atoms with Crippen LogP contribution in [0.25, 0.3) is 110 Å². The average molecular weight is 713 g/mol. The molecule has 3 aromatic heterocycles. The highest BCUT2D eigenvalue weighted by molar-refractivity contribution is 6.39. The maximum atomic E-state index is 5.19. The Kier molecular flexibility index (Phi) is 6.60. The van der Waals surface area contributed by atoms with Crippen LogP contribution >= 0.6 is 0 Å². The number of nitrogens with zero attached hydrogens (tertiary/aromatic N) is 4. The molecule has 12 aromatic rings. The van der Waals surface area contributed by atoms with Crippen molar-refractivity contribution in [1.29, 1.82) is 0 Å². The van der Waals surface area contributed by atoms with Crippen molar-refractivity contribution in [2.75, 3.05) is 0 Å². The number of hydrogen-bond acceptors (Lipinski definition) is 2. The van der Waals surface area contributed by atoms with Gasteiger partial charge in [-0.3, -0.25) is 0 Å². The lowest BCUT2D eigenvalue weighted by molar-refractivity contribution is 1.16. The Morgan fingerprint density at radius 3 is 1.32 bits per heavy atom. The molecule has 0 aliphatic rings. The largest absolute Gasteiger partial charge is 0.309 e. The molecule has 0 N–H and O–H groups in total. The maximum absolute atomic E-state index is 5.19. The Balaban J connectivity index is 1.18. The fraction of sp³-hybridized carbons (Fsp3) is 0. The molecule has 0 fully saturated rings. The predicted octanol–water partition coefficient (Wildman–Crippen LogP) is 13.4. The number of aromatic nitrogens is 4. The Labute approximate surface area is 322 Å². The number of fused-ring (bicyclic) bond motifs is 3. The van der Waals surface area contributed by atoms with Crippen LogP contribution in [-0.4, -0.2) is 19.1 Å². The van der Waals surface area contributed by atoms with Crippen molar-refractivity contribution in [2.24, 2.45) is 0 Å². The standard InChI is InChI=1S/C52H32N4/c1-4-15-33(16-5-1)42-32-43(54-52(53-42)34-17-6-2-7-18-34)35-19-12-22-37(31-35)56-45-28-14-26-41-39-24-11-10-23-38(39)40-25-13-27-44-48(40)50-46(29-30-47(56)51(50)49(41)45)55(44)36-20-8-3-9-21-36/h1-32H.